The highest BCUT2D eigenvalue weighted by Crippen LogP contribution is 2.35. The summed E-state index contributed by atoms with van der Waals surface area (Å²) in [5.41, 5.74) is 3.96. The molecule has 0 spiro atoms. The molecular formula is C31H33ClF3N3O2. The number of likely N-dealkylation sites (tertiary alicyclic amines) is 1. The van der Waals surface area contributed by atoms with Gasteiger partial charge in [0.05, 0.1) is 0 Å². The van der Waals surface area contributed by atoms with Crippen molar-refractivity contribution in [3.05, 3.63) is 83.5 Å². The minimum Gasteiger partial charge on any atom is -0.490 e. The average Bonchev–Trinajstić information content (AvgIpc) is 3.28. The molecule has 2 heterocycles. The van der Waals surface area contributed by atoms with Gasteiger partial charge in [-0.1, -0.05) is 41.9 Å². The van der Waals surface area contributed by atoms with Crippen LogP contribution in [0.4, 0.5) is 13.2 Å². The van der Waals surface area contributed by atoms with Gasteiger partial charge in [0.2, 0.25) is 0 Å². The normalized spacial score (nSPS) is 15.0. The number of piperidine rings is 1. The number of alkyl halides is 3. The number of hydrogen-bond donors (Lipinski definition) is 1. The number of rotatable bonds is 10. The number of nitrogens with zero attached hydrogens (tertiary/aromatic N) is 2. The molecule has 40 heavy (non-hydrogen) atoms. The van der Waals surface area contributed by atoms with E-state index in [0.717, 1.165) is 90.4 Å². The van der Waals surface area contributed by atoms with Crippen LogP contribution >= 0.6 is 11.6 Å². The second-order valence-electron chi connectivity index (χ2n) is 10.1. The number of nitrogens with one attached hydrogen (secondary N) is 1. The fourth-order valence-corrected chi connectivity index (χ4v) is 5.47. The van der Waals surface area contributed by atoms with Crippen LogP contribution in [0.3, 0.4) is 0 Å². The Morgan fingerprint density at radius 2 is 1.70 bits per heavy atom. The van der Waals surface area contributed by atoms with E-state index in [9.17, 15) is 13.2 Å². The van der Waals surface area contributed by atoms with Gasteiger partial charge in [0.1, 0.15) is 17.6 Å². The lowest BCUT2D eigenvalue weighted by Crippen LogP contribution is -2.37. The highest BCUT2D eigenvalue weighted by Gasteiger charge is 2.31. The van der Waals surface area contributed by atoms with Crippen LogP contribution in [0.25, 0.3) is 22.0 Å². The topological polar surface area (TPSA) is 38.7 Å². The van der Waals surface area contributed by atoms with Gasteiger partial charge < -0.3 is 19.4 Å². The van der Waals surface area contributed by atoms with E-state index in [4.69, 9.17) is 16.3 Å². The molecule has 5 nitrogen and oxygen atoms in total. The Balaban J connectivity index is 1.32. The molecule has 0 unspecified atom stereocenters. The quantitative estimate of drug-likeness (QED) is 0.200. The average molecular weight is 572 g/mol. The fraction of sp³-hybridized carbons (Fsp3) is 0.355. The Morgan fingerprint density at radius 3 is 2.40 bits per heavy atom. The van der Waals surface area contributed by atoms with E-state index >= 15 is 0 Å². The van der Waals surface area contributed by atoms with Crippen LogP contribution < -0.4 is 14.8 Å². The van der Waals surface area contributed by atoms with Crippen LogP contribution in [0.2, 0.25) is 5.02 Å². The van der Waals surface area contributed by atoms with E-state index in [1.54, 1.807) is 12.1 Å². The van der Waals surface area contributed by atoms with Crippen molar-refractivity contribution in [3.8, 4) is 22.6 Å². The van der Waals surface area contributed by atoms with Crippen LogP contribution in [0.5, 0.6) is 11.5 Å². The van der Waals surface area contributed by atoms with Crippen molar-refractivity contribution in [2.75, 3.05) is 26.7 Å². The molecule has 0 atom stereocenters. The van der Waals surface area contributed by atoms with Gasteiger partial charge in [-0.15, -0.1) is 13.2 Å². The Morgan fingerprint density at radius 1 is 0.975 bits per heavy atom. The van der Waals surface area contributed by atoms with Crippen LogP contribution in [0.1, 0.15) is 24.8 Å². The summed E-state index contributed by atoms with van der Waals surface area (Å²) in [7, 11) is 1.93. The largest absolute Gasteiger partial charge is 0.573 e. The van der Waals surface area contributed by atoms with Gasteiger partial charge in [-0.2, -0.15) is 0 Å². The van der Waals surface area contributed by atoms with E-state index in [1.165, 1.54) is 12.1 Å². The lowest BCUT2D eigenvalue weighted by Gasteiger charge is -2.32. The zero-order valence-electron chi connectivity index (χ0n) is 22.4. The lowest BCUT2D eigenvalue weighted by atomic mass is 10.0. The maximum absolute atomic E-state index is 12.6. The van der Waals surface area contributed by atoms with Crippen LogP contribution in [0.15, 0.2) is 72.9 Å². The van der Waals surface area contributed by atoms with Gasteiger partial charge in [-0.25, -0.2) is 0 Å². The molecule has 5 rings (SSSR count). The molecule has 9 heteroatoms. The van der Waals surface area contributed by atoms with Crippen LogP contribution in [-0.4, -0.2) is 48.6 Å². The first-order valence-corrected chi connectivity index (χ1v) is 13.9. The molecule has 0 bridgehead atoms. The number of ether oxygens (including phenoxy) is 2. The van der Waals surface area contributed by atoms with Crippen molar-refractivity contribution in [3.63, 3.8) is 0 Å². The molecule has 1 saturated heterocycles. The molecule has 212 valence electrons. The molecule has 0 amide bonds. The Hall–Kier alpha value is -3.20. The summed E-state index contributed by atoms with van der Waals surface area (Å²) >= 11 is 6.35. The monoisotopic (exact) mass is 571 g/mol. The van der Waals surface area contributed by atoms with E-state index in [-0.39, 0.29) is 11.9 Å². The third-order valence-electron chi connectivity index (χ3n) is 7.27. The molecular weight excluding hydrogens is 539 g/mol. The predicted molar refractivity (Wildman–Crippen MR) is 153 cm³/mol. The summed E-state index contributed by atoms with van der Waals surface area (Å²) in [6.45, 7) is 4.39. The summed E-state index contributed by atoms with van der Waals surface area (Å²) in [4.78, 5) is 2.40. The third-order valence-corrected chi connectivity index (χ3v) is 7.64. The molecule has 1 aliphatic rings. The molecule has 0 radical (unpaired) electrons. The molecule has 1 aliphatic heterocycles. The van der Waals surface area contributed by atoms with E-state index in [1.807, 2.05) is 31.3 Å². The van der Waals surface area contributed by atoms with Gasteiger partial charge in [-0.3, -0.25) is 4.90 Å². The first-order valence-electron chi connectivity index (χ1n) is 13.5. The Kier molecular flexibility index (Phi) is 8.88. The van der Waals surface area contributed by atoms with E-state index in [2.05, 4.69) is 43.9 Å². The maximum Gasteiger partial charge on any atom is 0.573 e. The highest BCUT2D eigenvalue weighted by atomic mass is 35.5. The van der Waals surface area contributed by atoms with Gasteiger partial charge in [0.25, 0.3) is 0 Å². The number of halogens is 4. The molecule has 0 aliphatic carbocycles. The third kappa shape index (κ3) is 7.11. The highest BCUT2D eigenvalue weighted by molar-refractivity contribution is 6.31. The zero-order valence-corrected chi connectivity index (χ0v) is 23.1. The van der Waals surface area contributed by atoms with Gasteiger partial charge in [0.15, 0.2) is 0 Å². The number of fused-ring (bicyclic) bond motifs is 1. The zero-order chi connectivity index (χ0) is 28.1. The Bertz CT molecular complexity index is 1410. The first kappa shape index (κ1) is 28.3. The summed E-state index contributed by atoms with van der Waals surface area (Å²) in [6.07, 6.45) is 0.240. The SMILES string of the molecule is CNCCCn1cc(-c2ccc(OC(F)(F)F)cc2)c2cc(OC3CCN(Cc4ccccc4Cl)CC3)ccc21. The number of aryl methyl sites for hydroxylation is 1. The van der Waals surface area contributed by atoms with Crippen LogP contribution in [-0.2, 0) is 13.1 Å². The minimum absolute atomic E-state index is 0.111. The number of hydrogen-bond acceptors (Lipinski definition) is 4. The van der Waals surface area contributed by atoms with Crippen molar-refractivity contribution < 1.29 is 22.6 Å². The summed E-state index contributed by atoms with van der Waals surface area (Å²) in [6, 6.07) is 20.1. The van der Waals surface area contributed by atoms with Gasteiger partial charge in [0, 0.05) is 53.9 Å². The van der Waals surface area contributed by atoms with Crippen molar-refractivity contribution >= 4 is 22.5 Å². The molecule has 0 saturated carbocycles. The fourth-order valence-electron chi connectivity index (χ4n) is 5.27. The van der Waals surface area contributed by atoms with E-state index in [0.29, 0.717) is 0 Å². The summed E-state index contributed by atoms with van der Waals surface area (Å²) < 4.78 is 50.6. The minimum atomic E-state index is -4.72. The van der Waals surface area contributed by atoms with Gasteiger partial charge >= 0.3 is 6.36 Å². The van der Waals surface area contributed by atoms with Crippen molar-refractivity contribution in [2.24, 2.45) is 0 Å². The van der Waals surface area contributed by atoms with Crippen molar-refractivity contribution in [1.29, 1.82) is 0 Å². The second kappa shape index (κ2) is 12.5. The van der Waals surface area contributed by atoms with E-state index < -0.39 is 6.36 Å². The lowest BCUT2D eigenvalue weighted by molar-refractivity contribution is -0.274. The van der Waals surface area contributed by atoms with Crippen molar-refractivity contribution in [2.45, 2.75) is 44.8 Å². The summed E-state index contributed by atoms with van der Waals surface area (Å²) in [5, 5.41) is 4.97. The maximum atomic E-state index is 12.6. The molecule has 1 N–H and O–H groups in total. The summed E-state index contributed by atoms with van der Waals surface area (Å²) in [5.74, 6) is 0.558. The second-order valence-corrected chi connectivity index (χ2v) is 10.5. The predicted octanol–water partition coefficient (Wildman–Crippen LogP) is 7.51. The van der Waals surface area contributed by atoms with Crippen LogP contribution in [0, 0.1) is 0 Å². The molecule has 3 aromatic carbocycles. The Labute approximate surface area is 237 Å². The van der Waals surface area contributed by atoms with Gasteiger partial charge in [-0.05, 0) is 80.4 Å². The molecule has 4 aromatic rings. The molecule has 1 fully saturated rings. The number of benzene rings is 3. The smallest absolute Gasteiger partial charge is 0.490 e. The number of aromatic nitrogens is 1. The first-order chi connectivity index (χ1) is 19.3. The van der Waals surface area contributed by atoms with Crippen molar-refractivity contribution in [1.82, 2.24) is 14.8 Å². The molecule has 1 aromatic heterocycles. The standard InChI is InChI=1S/C31H33ClF3N3O2/c1-36-15-4-16-38-21-28(22-7-9-25(10-8-22)40-31(33,34)35)27-19-26(11-12-30(27)38)39-24-13-17-37(18-14-24)20-23-5-2-3-6-29(23)32/h2-3,5-12,19,21,24,36H,4,13-18,20H2,1H3.